The van der Waals surface area contributed by atoms with E-state index in [0.29, 0.717) is 12.3 Å². The quantitative estimate of drug-likeness (QED) is 0.810. The van der Waals surface area contributed by atoms with Gasteiger partial charge in [-0.1, -0.05) is 19.1 Å². The average molecular weight is 346 g/mol. The molecule has 0 unspecified atom stereocenters. The van der Waals surface area contributed by atoms with Gasteiger partial charge in [0.05, 0.1) is 4.88 Å². The highest BCUT2D eigenvalue weighted by Crippen LogP contribution is 2.22. The Bertz CT molecular complexity index is 708. The third-order valence-electron chi connectivity index (χ3n) is 3.59. The van der Waals surface area contributed by atoms with Crippen molar-refractivity contribution in [3.8, 4) is 5.75 Å². The molecule has 1 aromatic heterocycles. The van der Waals surface area contributed by atoms with E-state index in [1.807, 2.05) is 25.1 Å². The molecular weight excluding hydrogens is 324 g/mol. The summed E-state index contributed by atoms with van der Waals surface area (Å²) in [4.78, 5) is 25.3. The summed E-state index contributed by atoms with van der Waals surface area (Å²) in [6, 6.07) is 9.26. The van der Waals surface area contributed by atoms with Gasteiger partial charge in [-0.05, 0) is 42.7 Å². The van der Waals surface area contributed by atoms with Gasteiger partial charge in [0, 0.05) is 18.5 Å². The molecule has 0 fully saturated rings. The minimum atomic E-state index is -0.177. The van der Waals surface area contributed by atoms with Gasteiger partial charge in [0.1, 0.15) is 5.75 Å². The Labute approximate surface area is 146 Å². The summed E-state index contributed by atoms with van der Waals surface area (Å²) < 4.78 is 5.34. The van der Waals surface area contributed by atoms with E-state index >= 15 is 0 Å². The SMILES string of the molecule is CCc1sc(C(=O)NCc2ccc(OCC(=O)NC)cc2)cc1C. The highest BCUT2D eigenvalue weighted by Gasteiger charge is 2.11. The summed E-state index contributed by atoms with van der Waals surface area (Å²) in [6.45, 7) is 4.56. The Kier molecular flexibility index (Phi) is 6.37. The molecular formula is C18H22N2O3S. The second-order valence-corrected chi connectivity index (χ2v) is 6.50. The zero-order valence-corrected chi connectivity index (χ0v) is 15.0. The fraction of sp³-hybridized carbons (Fsp3) is 0.333. The molecule has 0 spiro atoms. The highest BCUT2D eigenvalue weighted by atomic mass is 32.1. The molecule has 2 N–H and O–H groups in total. The molecule has 5 nitrogen and oxygen atoms in total. The van der Waals surface area contributed by atoms with E-state index in [1.54, 1.807) is 30.5 Å². The average Bonchev–Trinajstić information content (AvgIpc) is 2.99. The lowest BCUT2D eigenvalue weighted by Crippen LogP contribution is -2.24. The van der Waals surface area contributed by atoms with Crippen LogP contribution in [0.5, 0.6) is 5.75 Å². The standard InChI is InChI=1S/C18H22N2O3S/c1-4-15-12(2)9-16(24-15)18(22)20-10-13-5-7-14(8-6-13)23-11-17(21)19-3/h5-9H,4,10-11H2,1-3H3,(H,19,21)(H,20,22). The fourth-order valence-corrected chi connectivity index (χ4v) is 3.21. The van der Waals surface area contributed by atoms with Crippen LogP contribution in [0.1, 0.15) is 32.6 Å². The molecule has 0 bridgehead atoms. The van der Waals surface area contributed by atoms with Crippen LogP contribution in [0.25, 0.3) is 0 Å². The van der Waals surface area contributed by atoms with Gasteiger partial charge in [-0.2, -0.15) is 0 Å². The smallest absolute Gasteiger partial charge is 0.261 e. The van der Waals surface area contributed by atoms with Crippen LogP contribution in [-0.4, -0.2) is 25.5 Å². The van der Waals surface area contributed by atoms with E-state index in [0.717, 1.165) is 16.9 Å². The Morgan fingerprint density at radius 1 is 1.21 bits per heavy atom. The molecule has 0 aliphatic rings. The minimum Gasteiger partial charge on any atom is -0.484 e. The summed E-state index contributed by atoms with van der Waals surface area (Å²) in [6.07, 6.45) is 0.946. The van der Waals surface area contributed by atoms with Crippen LogP contribution in [0.3, 0.4) is 0 Å². The highest BCUT2D eigenvalue weighted by molar-refractivity contribution is 7.14. The second kappa shape index (κ2) is 8.49. The van der Waals surface area contributed by atoms with E-state index in [4.69, 9.17) is 4.74 Å². The summed E-state index contributed by atoms with van der Waals surface area (Å²) in [5, 5.41) is 5.42. The van der Waals surface area contributed by atoms with Crippen LogP contribution in [0, 0.1) is 6.92 Å². The number of amides is 2. The molecule has 2 rings (SSSR count). The molecule has 2 amide bonds. The van der Waals surface area contributed by atoms with Gasteiger partial charge in [-0.3, -0.25) is 9.59 Å². The lowest BCUT2D eigenvalue weighted by atomic mass is 10.2. The van der Waals surface area contributed by atoms with E-state index in [9.17, 15) is 9.59 Å². The molecule has 0 radical (unpaired) electrons. The molecule has 0 saturated heterocycles. The first kappa shape index (κ1) is 18.0. The Morgan fingerprint density at radius 3 is 2.50 bits per heavy atom. The maximum absolute atomic E-state index is 12.2. The summed E-state index contributed by atoms with van der Waals surface area (Å²) in [5.41, 5.74) is 2.14. The number of carbonyl (C=O) groups excluding carboxylic acids is 2. The molecule has 24 heavy (non-hydrogen) atoms. The summed E-state index contributed by atoms with van der Waals surface area (Å²) in [7, 11) is 1.57. The molecule has 6 heteroatoms. The van der Waals surface area contributed by atoms with Crippen molar-refractivity contribution in [1.29, 1.82) is 0 Å². The maximum atomic E-state index is 12.2. The van der Waals surface area contributed by atoms with Gasteiger partial charge >= 0.3 is 0 Å². The van der Waals surface area contributed by atoms with Crippen LogP contribution in [-0.2, 0) is 17.8 Å². The van der Waals surface area contributed by atoms with Crippen molar-refractivity contribution in [2.75, 3.05) is 13.7 Å². The van der Waals surface area contributed by atoms with Crippen molar-refractivity contribution in [3.05, 3.63) is 51.2 Å². The first-order valence-electron chi connectivity index (χ1n) is 7.83. The number of aryl methyl sites for hydroxylation is 2. The summed E-state index contributed by atoms with van der Waals surface area (Å²) in [5.74, 6) is 0.391. The van der Waals surface area contributed by atoms with Crippen molar-refractivity contribution in [2.24, 2.45) is 0 Å². The van der Waals surface area contributed by atoms with Gasteiger partial charge in [-0.15, -0.1) is 11.3 Å². The number of benzene rings is 1. The molecule has 0 aliphatic heterocycles. The predicted octanol–water partition coefficient (Wildman–Crippen LogP) is 2.67. The molecule has 128 valence electrons. The van der Waals surface area contributed by atoms with Crippen molar-refractivity contribution in [3.63, 3.8) is 0 Å². The molecule has 1 aromatic carbocycles. The Hall–Kier alpha value is -2.34. The van der Waals surface area contributed by atoms with Crippen molar-refractivity contribution in [1.82, 2.24) is 10.6 Å². The lowest BCUT2D eigenvalue weighted by molar-refractivity contribution is -0.122. The topological polar surface area (TPSA) is 67.4 Å². The number of hydrogen-bond acceptors (Lipinski definition) is 4. The fourth-order valence-electron chi connectivity index (χ4n) is 2.18. The van der Waals surface area contributed by atoms with Crippen LogP contribution < -0.4 is 15.4 Å². The van der Waals surface area contributed by atoms with Crippen LogP contribution in [0.4, 0.5) is 0 Å². The minimum absolute atomic E-state index is 0.00985. The molecule has 0 saturated carbocycles. The number of nitrogens with one attached hydrogen (secondary N) is 2. The van der Waals surface area contributed by atoms with E-state index < -0.39 is 0 Å². The van der Waals surface area contributed by atoms with E-state index in [-0.39, 0.29) is 18.4 Å². The van der Waals surface area contributed by atoms with E-state index in [2.05, 4.69) is 17.6 Å². The number of thiophene rings is 1. The van der Waals surface area contributed by atoms with Gasteiger partial charge in [0.15, 0.2) is 6.61 Å². The van der Waals surface area contributed by atoms with Gasteiger partial charge in [-0.25, -0.2) is 0 Å². The Morgan fingerprint density at radius 2 is 1.92 bits per heavy atom. The van der Waals surface area contributed by atoms with Crippen LogP contribution in [0.2, 0.25) is 0 Å². The normalized spacial score (nSPS) is 10.3. The zero-order chi connectivity index (χ0) is 17.5. The van der Waals surface area contributed by atoms with Gasteiger partial charge in [0.25, 0.3) is 11.8 Å². The lowest BCUT2D eigenvalue weighted by Gasteiger charge is -2.07. The van der Waals surface area contributed by atoms with Gasteiger partial charge in [0.2, 0.25) is 0 Å². The molecule has 0 aliphatic carbocycles. The predicted molar refractivity (Wildman–Crippen MR) is 95.6 cm³/mol. The monoisotopic (exact) mass is 346 g/mol. The third-order valence-corrected chi connectivity index (χ3v) is 4.97. The number of rotatable bonds is 7. The molecule has 2 aromatic rings. The molecule has 0 atom stereocenters. The zero-order valence-electron chi connectivity index (χ0n) is 14.1. The first-order valence-corrected chi connectivity index (χ1v) is 8.65. The number of likely N-dealkylation sites (N-methyl/N-ethyl adjacent to an activating group) is 1. The van der Waals surface area contributed by atoms with E-state index in [1.165, 1.54) is 10.4 Å². The second-order valence-electron chi connectivity index (χ2n) is 5.36. The van der Waals surface area contributed by atoms with Crippen molar-refractivity contribution in [2.45, 2.75) is 26.8 Å². The maximum Gasteiger partial charge on any atom is 0.261 e. The van der Waals surface area contributed by atoms with Crippen molar-refractivity contribution >= 4 is 23.2 Å². The number of carbonyl (C=O) groups is 2. The van der Waals surface area contributed by atoms with Gasteiger partial charge < -0.3 is 15.4 Å². The largest absolute Gasteiger partial charge is 0.484 e. The Balaban J connectivity index is 1.87. The van der Waals surface area contributed by atoms with Crippen LogP contribution in [0.15, 0.2) is 30.3 Å². The number of ether oxygens (including phenoxy) is 1. The van der Waals surface area contributed by atoms with Crippen LogP contribution >= 0.6 is 11.3 Å². The third kappa shape index (κ3) is 4.83. The first-order chi connectivity index (χ1) is 11.5. The summed E-state index contributed by atoms with van der Waals surface area (Å²) >= 11 is 1.55. The van der Waals surface area contributed by atoms with Crippen molar-refractivity contribution < 1.29 is 14.3 Å². The molecule has 1 heterocycles. The number of hydrogen-bond donors (Lipinski definition) is 2.